The van der Waals surface area contributed by atoms with Crippen molar-refractivity contribution in [2.24, 2.45) is 11.5 Å². The lowest BCUT2D eigenvalue weighted by atomic mass is 10.1. The van der Waals surface area contributed by atoms with Crippen LogP contribution in [0.3, 0.4) is 0 Å². The van der Waals surface area contributed by atoms with Crippen molar-refractivity contribution in [1.82, 2.24) is 0 Å². The maximum Gasteiger partial charge on any atom is 0.251 e. The van der Waals surface area contributed by atoms with Crippen molar-refractivity contribution < 1.29 is 9.59 Å². The molecule has 0 aliphatic rings. The van der Waals surface area contributed by atoms with Crippen LogP contribution in [0.1, 0.15) is 30.1 Å². The Kier molecular flexibility index (Phi) is 4.45. The molecular weight excluding hydrogens is 226 g/mol. The lowest BCUT2D eigenvalue weighted by Crippen LogP contribution is -2.26. The molecule has 2 amide bonds. The number of nitrogens with two attached hydrogens (primary N) is 2. The third-order valence-electron chi connectivity index (χ3n) is 2.16. The highest BCUT2D eigenvalue weighted by Crippen LogP contribution is 2.22. The zero-order valence-electron chi connectivity index (χ0n) is 9.03. The van der Waals surface area contributed by atoms with Gasteiger partial charge < -0.3 is 16.8 Å². The van der Waals surface area contributed by atoms with Crippen LogP contribution in [0.2, 0.25) is 0 Å². The van der Waals surface area contributed by atoms with E-state index in [0.717, 1.165) is 6.42 Å². The minimum atomic E-state index is -0.545. The molecule has 1 atom stereocenters. The summed E-state index contributed by atoms with van der Waals surface area (Å²) in [5, 5.41) is 4.83. The number of hydrogen-bond acceptors (Lipinski definition) is 4. The molecule has 0 saturated heterocycles. The lowest BCUT2D eigenvalue weighted by Gasteiger charge is -2.08. The van der Waals surface area contributed by atoms with Gasteiger partial charge in [0.2, 0.25) is 5.91 Å². The van der Waals surface area contributed by atoms with Gasteiger partial charge in [0.1, 0.15) is 5.00 Å². The van der Waals surface area contributed by atoms with E-state index in [0.29, 0.717) is 10.6 Å². The first-order valence-electron chi connectivity index (χ1n) is 4.97. The molecule has 16 heavy (non-hydrogen) atoms. The molecule has 0 spiro atoms. The zero-order chi connectivity index (χ0) is 12.1. The Hall–Kier alpha value is -1.40. The highest BCUT2D eigenvalue weighted by atomic mass is 32.1. The predicted octanol–water partition coefficient (Wildman–Crippen LogP) is 0.913. The highest BCUT2D eigenvalue weighted by Gasteiger charge is 2.13. The van der Waals surface area contributed by atoms with Crippen molar-refractivity contribution in [3.63, 3.8) is 0 Å². The van der Waals surface area contributed by atoms with E-state index >= 15 is 0 Å². The van der Waals surface area contributed by atoms with Gasteiger partial charge >= 0.3 is 0 Å². The Morgan fingerprint density at radius 2 is 2.25 bits per heavy atom. The topological polar surface area (TPSA) is 98.2 Å². The SMILES string of the molecule is CCC(N)CC(=O)Nc1sccc1C(N)=O. The standard InChI is InChI=1S/C10H15N3O2S/c1-2-6(11)5-8(14)13-10-7(9(12)15)3-4-16-10/h3-4,6H,2,5,11H2,1H3,(H2,12,15)(H,13,14). The van der Waals surface area contributed by atoms with Gasteiger partial charge in [-0.1, -0.05) is 6.92 Å². The summed E-state index contributed by atoms with van der Waals surface area (Å²) >= 11 is 1.27. The Morgan fingerprint density at radius 3 is 2.81 bits per heavy atom. The second-order valence-electron chi connectivity index (χ2n) is 3.45. The molecule has 1 aromatic rings. The van der Waals surface area contributed by atoms with Gasteiger partial charge in [0, 0.05) is 12.5 Å². The van der Waals surface area contributed by atoms with E-state index in [2.05, 4.69) is 5.32 Å². The average Bonchev–Trinajstić information content (AvgIpc) is 2.65. The molecule has 1 heterocycles. The molecule has 0 bridgehead atoms. The van der Waals surface area contributed by atoms with Crippen LogP contribution >= 0.6 is 11.3 Å². The van der Waals surface area contributed by atoms with E-state index in [1.165, 1.54) is 11.3 Å². The fraction of sp³-hybridized carbons (Fsp3) is 0.400. The van der Waals surface area contributed by atoms with E-state index in [1.54, 1.807) is 11.4 Å². The summed E-state index contributed by atoms with van der Waals surface area (Å²) in [6.07, 6.45) is 0.979. The van der Waals surface area contributed by atoms with Crippen LogP contribution in [0.4, 0.5) is 5.00 Å². The molecule has 0 saturated carbocycles. The third-order valence-corrected chi connectivity index (χ3v) is 2.99. The van der Waals surface area contributed by atoms with Gasteiger partial charge in [-0.25, -0.2) is 0 Å². The molecule has 1 aromatic heterocycles. The number of carbonyl (C=O) groups excluding carboxylic acids is 2. The van der Waals surface area contributed by atoms with Crippen molar-refractivity contribution in [3.05, 3.63) is 17.0 Å². The molecule has 1 unspecified atom stereocenters. The van der Waals surface area contributed by atoms with Crippen LogP contribution in [-0.2, 0) is 4.79 Å². The van der Waals surface area contributed by atoms with E-state index in [-0.39, 0.29) is 18.4 Å². The minimum absolute atomic E-state index is 0.156. The number of anilines is 1. The van der Waals surface area contributed by atoms with E-state index in [1.807, 2.05) is 6.92 Å². The van der Waals surface area contributed by atoms with Crippen LogP contribution in [-0.4, -0.2) is 17.9 Å². The maximum atomic E-state index is 11.5. The number of hydrogen-bond donors (Lipinski definition) is 3. The number of carbonyl (C=O) groups is 2. The third kappa shape index (κ3) is 3.32. The molecule has 5 nitrogen and oxygen atoms in total. The number of nitrogens with one attached hydrogen (secondary N) is 1. The van der Waals surface area contributed by atoms with Crippen LogP contribution in [0, 0.1) is 0 Å². The summed E-state index contributed by atoms with van der Waals surface area (Å²) in [5.41, 5.74) is 11.1. The molecule has 0 aliphatic carbocycles. The Balaban J connectivity index is 2.63. The van der Waals surface area contributed by atoms with Crippen molar-refractivity contribution in [3.8, 4) is 0 Å². The van der Waals surface area contributed by atoms with Crippen LogP contribution in [0.15, 0.2) is 11.4 Å². The van der Waals surface area contributed by atoms with E-state index in [9.17, 15) is 9.59 Å². The molecule has 0 fully saturated rings. The molecule has 88 valence electrons. The summed E-state index contributed by atoms with van der Waals surface area (Å²) in [6.45, 7) is 1.91. The molecule has 0 radical (unpaired) electrons. The van der Waals surface area contributed by atoms with Gasteiger partial charge in [-0.3, -0.25) is 9.59 Å². The van der Waals surface area contributed by atoms with Crippen LogP contribution in [0.25, 0.3) is 0 Å². The first kappa shape index (κ1) is 12.7. The van der Waals surface area contributed by atoms with Gasteiger partial charge in [-0.05, 0) is 17.9 Å². The Bertz CT molecular complexity index is 389. The molecule has 6 heteroatoms. The van der Waals surface area contributed by atoms with Gasteiger partial charge in [0.05, 0.1) is 5.56 Å². The van der Waals surface area contributed by atoms with Gasteiger partial charge in [0.25, 0.3) is 5.91 Å². The highest BCUT2D eigenvalue weighted by molar-refractivity contribution is 7.14. The largest absolute Gasteiger partial charge is 0.366 e. The van der Waals surface area contributed by atoms with Gasteiger partial charge in [0.15, 0.2) is 0 Å². The first-order chi connectivity index (χ1) is 7.54. The molecule has 5 N–H and O–H groups in total. The summed E-state index contributed by atoms with van der Waals surface area (Å²) < 4.78 is 0. The second kappa shape index (κ2) is 5.62. The van der Waals surface area contributed by atoms with Crippen molar-refractivity contribution >= 4 is 28.2 Å². The van der Waals surface area contributed by atoms with Crippen molar-refractivity contribution in [1.29, 1.82) is 0 Å². The average molecular weight is 241 g/mol. The van der Waals surface area contributed by atoms with Gasteiger partial charge in [-0.15, -0.1) is 11.3 Å². The van der Waals surface area contributed by atoms with Crippen molar-refractivity contribution in [2.45, 2.75) is 25.8 Å². The lowest BCUT2D eigenvalue weighted by molar-refractivity contribution is -0.116. The number of thiophene rings is 1. The Morgan fingerprint density at radius 1 is 1.56 bits per heavy atom. The maximum absolute atomic E-state index is 11.5. The summed E-state index contributed by atoms with van der Waals surface area (Å²) in [6, 6.07) is 1.43. The van der Waals surface area contributed by atoms with E-state index in [4.69, 9.17) is 11.5 Å². The zero-order valence-corrected chi connectivity index (χ0v) is 9.84. The monoisotopic (exact) mass is 241 g/mol. The minimum Gasteiger partial charge on any atom is -0.366 e. The normalized spacial score (nSPS) is 12.1. The molecule has 1 rings (SSSR count). The van der Waals surface area contributed by atoms with Crippen LogP contribution in [0.5, 0.6) is 0 Å². The number of rotatable bonds is 5. The smallest absolute Gasteiger partial charge is 0.251 e. The summed E-state index contributed by atoms with van der Waals surface area (Å²) in [5.74, 6) is -0.740. The number of amides is 2. The van der Waals surface area contributed by atoms with Gasteiger partial charge in [-0.2, -0.15) is 0 Å². The predicted molar refractivity (Wildman–Crippen MR) is 64.4 cm³/mol. The quantitative estimate of drug-likeness (QED) is 0.714. The van der Waals surface area contributed by atoms with E-state index < -0.39 is 5.91 Å². The number of primary amides is 1. The molecule has 0 aliphatic heterocycles. The first-order valence-corrected chi connectivity index (χ1v) is 5.85. The Labute approximate surface area is 97.8 Å². The molecular formula is C10H15N3O2S. The second-order valence-corrected chi connectivity index (χ2v) is 4.36. The van der Waals surface area contributed by atoms with Crippen molar-refractivity contribution in [2.75, 3.05) is 5.32 Å². The molecule has 0 aromatic carbocycles. The van der Waals surface area contributed by atoms with Crippen LogP contribution < -0.4 is 16.8 Å². The summed E-state index contributed by atoms with van der Waals surface area (Å²) in [4.78, 5) is 22.5. The summed E-state index contributed by atoms with van der Waals surface area (Å²) in [7, 11) is 0. The fourth-order valence-electron chi connectivity index (χ4n) is 1.16. The fourth-order valence-corrected chi connectivity index (χ4v) is 1.97.